The topological polar surface area (TPSA) is 55.6 Å². The summed E-state index contributed by atoms with van der Waals surface area (Å²) in [4.78, 5) is 7.18. The Balaban J connectivity index is 1.06. The van der Waals surface area contributed by atoms with Crippen LogP contribution in [0.1, 0.15) is 0 Å². The fourth-order valence-corrected chi connectivity index (χ4v) is 6.89. The minimum atomic E-state index is 0.603. The zero-order valence-electron chi connectivity index (χ0n) is 25.6. The molecule has 5 heteroatoms. The number of aromatic nitrogens is 1. The summed E-state index contributed by atoms with van der Waals surface area (Å²) in [5.74, 6) is 0.603. The third kappa shape index (κ3) is 4.15. The van der Waals surface area contributed by atoms with E-state index in [2.05, 4.69) is 95.9 Å². The van der Waals surface area contributed by atoms with Crippen molar-refractivity contribution in [2.24, 2.45) is 0 Å². The molecule has 0 aliphatic rings. The third-order valence-electron chi connectivity index (χ3n) is 9.11. The highest BCUT2D eigenvalue weighted by Crippen LogP contribution is 2.43. The molecule has 5 nitrogen and oxygen atoms in total. The molecule has 0 aliphatic carbocycles. The van der Waals surface area contributed by atoms with Crippen LogP contribution in [0.4, 0.5) is 17.1 Å². The van der Waals surface area contributed by atoms with Crippen molar-refractivity contribution < 1.29 is 13.3 Å². The summed E-state index contributed by atoms with van der Waals surface area (Å²) in [6, 6.07) is 53.9. The highest BCUT2D eigenvalue weighted by Gasteiger charge is 2.20. The molecule has 3 heterocycles. The van der Waals surface area contributed by atoms with Crippen molar-refractivity contribution in [3.63, 3.8) is 0 Å². The average molecular weight is 619 g/mol. The Morgan fingerprint density at radius 1 is 0.396 bits per heavy atom. The van der Waals surface area contributed by atoms with Gasteiger partial charge >= 0.3 is 0 Å². The van der Waals surface area contributed by atoms with Gasteiger partial charge in [0.1, 0.15) is 27.8 Å². The summed E-state index contributed by atoms with van der Waals surface area (Å²) in [5, 5.41) is 4.17. The first-order chi connectivity index (χ1) is 23.8. The van der Waals surface area contributed by atoms with Crippen LogP contribution >= 0.6 is 0 Å². The SMILES string of the molecule is c1ccc(-c2nc3c(ccc4oc5cc(-c6ccc(N(c7ccccc7)c7cccc8oc9ccccc9c78)cc6)ccc5c43)o2)cc1. The molecule has 10 aromatic rings. The molecule has 7 aromatic carbocycles. The summed E-state index contributed by atoms with van der Waals surface area (Å²) in [5.41, 5.74) is 11.2. The number of benzene rings is 7. The van der Waals surface area contributed by atoms with Crippen LogP contribution in [0.25, 0.3) is 77.6 Å². The van der Waals surface area contributed by atoms with Gasteiger partial charge in [0, 0.05) is 27.7 Å². The van der Waals surface area contributed by atoms with E-state index in [-0.39, 0.29) is 0 Å². The lowest BCUT2D eigenvalue weighted by molar-refractivity contribution is 0.619. The van der Waals surface area contributed by atoms with Crippen LogP contribution in [0.3, 0.4) is 0 Å². The van der Waals surface area contributed by atoms with Gasteiger partial charge in [0.05, 0.1) is 16.5 Å². The average Bonchev–Trinajstić information content (AvgIpc) is 3.86. The number of hydrogen-bond donors (Lipinski definition) is 0. The second kappa shape index (κ2) is 10.5. The standard InChI is InChI=1S/C43H26N2O3/c1-3-10-28(11-4-1)43-44-42-38(48-43)25-24-37-41(42)33-23-20-29(26-39(33)47-37)27-18-21-31(22-19-27)45(30-12-5-2-6-13-30)34-15-9-17-36-40(34)32-14-7-8-16-35(32)46-36/h1-26H. The molecule has 3 aromatic heterocycles. The summed E-state index contributed by atoms with van der Waals surface area (Å²) >= 11 is 0. The van der Waals surface area contributed by atoms with E-state index >= 15 is 0 Å². The molecule has 48 heavy (non-hydrogen) atoms. The minimum Gasteiger partial charge on any atom is -0.456 e. The smallest absolute Gasteiger partial charge is 0.227 e. The lowest BCUT2D eigenvalue weighted by Gasteiger charge is -2.26. The molecule has 0 aliphatic heterocycles. The van der Waals surface area contributed by atoms with Gasteiger partial charge in [-0.3, -0.25) is 0 Å². The van der Waals surface area contributed by atoms with Crippen LogP contribution in [0.5, 0.6) is 0 Å². The largest absolute Gasteiger partial charge is 0.456 e. The molecule has 0 N–H and O–H groups in total. The van der Waals surface area contributed by atoms with Gasteiger partial charge in [0.15, 0.2) is 5.58 Å². The molecular formula is C43H26N2O3. The lowest BCUT2D eigenvalue weighted by Crippen LogP contribution is -2.10. The molecule has 0 saturated heterocycles. The Bertz CT molecular complexity index is 2770. The second-order valence-electron chi connectivity index (χ2n) is 11.9. The van der Waals surface area contributed by atoms with Gasteiger partial charge < -0.3 is 18.2 Å². The molecule has 0 atom stereocenters. The first-order valence-corrected chi connectivity index (χ1v) is 16.0. The van der Waals surface area contributed by atoms with Crippen LogP contribution in [0.15, 0.2) is 171 Å². The van der Waals surface area contributed by atoms with E-state index in [4.69, 9.17) is 18.2 Å². The summed E-state index contributed by atoms with van der Waals surface area (Å²) < 4.78 is 18.8. The van der Waals surface area contributed by atoms with Crippen LogP contribution < -0.4 is 4.90 Å². The number of nitrogens with zero attached hydrogens (tertiary/aromatic N) is 2. The molecule has 0 spiro atoms. The minimum absolute atomic E-state index is 0.603. The summed E-state index contributed by atoms with van der Waals surface area (Å²) in [7, 11) is 0. The molecule has 0 saturated carbocycles. The van der Waals surface area contributed by atoms with Crippen molar-refractivity contribution in [2.75, 3.05) is 4.90 Å². The van der Waals surface area contributed by atoms with Crippen molar-refractivity contribution in [1.82, 2.24) is 4.98 Å². The van der Waals surface area contributed by atoms with Gasteiger partial charge in [-0.2, -0.15) is 0 Å². The van der Waals surface area contributed by atoms with E-state index in [0.29, 0.717) is 5.89 Å². The van der Waals surface area contributed by atoms with Crippen molar-refractivity contribution in [2.45, 2.75) is 0 Å². The molecule has 0 unspecified atom stereocenters. The van der Waals surface area contributed by atoms with E-state index in [1.807, 2.05) is 66.7 Å². The first kappa shape index (κ1) is 26.6. The number of oxazole rings is 1. The maximum Gasteiger partial charge on any atom is 0.227 e. The zero-order valence-corrected chi connectivity index (χ0v) is 25.6. The molecule has 0 bridgehead atoms. The molecule has 226 valence electrons. The lowest BCUT2D eigenvalue weighted by atomic mass is 10.0. The summed E-state index contributed by atoms with van der Waals surface area (Å²) in [6.07, 6.45) is 0. The van der Waals surface area contributed by atoms with Crippen LogP contribution in [-0.4, -0.2) is 4.98 Å². The summed E-state index contributed by atoms with van der Waals surface area (Å²) in [6.45, 7) is 0. The van der Waals surface area contributed by atoms with Crippen LogP contribution in [-0.2, 0) is 0 Å². The Hall–Kier alpha value is -6.59. The number of hydrogen-bond acceptors (Lipinski definition) is 5. The number of rotatable bonds is 5. The van der Waals surface area contributed by atoms with E-state index in [0.717, 1.165) is 88.7 Å². The van der Waals surface area contributed by atoms with E-state index in [9.17, 15) is 0 Å². The van der Waals surface area contributed by atoms with Gasteiger partial charge in [-0.25, -0.2) is 4.98 Å². The normalized spacial score (nSPS) is 11.8. The monoisotopic (exact) mass is 618 g/mol. The highest BCUT2D eigenvalue weighted by molar-refractivity contribution is 6.17. The number of fused-ring (bicyclic) bond motifs is 8. The Labute approximate surface area is 274 Å². The molecule has 0 amide bonds. The molecular weight excluding hydrogens is 592 g/mol. The quantitative estimate of drug-likeness (QED) is 0.192. The van der Waals surface area contributed by atoms with Crippen molar-refractivity contribution in [1.29, 1.82) is 0 Å². The maximum absolute atomic E-state index is 6.38. The van der Waals surface area contributed by atoms with Crippen molar-refractivity contribution in [3.05, 3.63) is 158 Å². The molecule has 0 fully saturated rings. The molecule has 10 rings (SSSR count). The number of furan rings is 2. The zero-order chi connectivity index (χ0) is 31.6. The van der Waals surface area contributed by atoms with Gasteiger partial charge in [-0.05, 0) is 90.0 Å². The van der Waals surface area contributed by atoms with E-state index in [1.165, 1.54) is 0 Å². The van der Waals surface area contributed by atoms with Crippen LogP contribution in [0, 0.1) is 0 Å². The maximum atomic E-state index is 6.38. The van der Waals surface area contributed by atoms with Crippen molar-refractivity contribution >= 4 is 72.0 Å². The fourth-order valence-electron chi connectivity index (χ4n) is 6.89. The number of anilines is 3. The van der Waals surface area contributed by atoms with E-state index < -0.39 is 0 Å². The van der Waals surface area contributed by atoms with Crippen LogP contribution in [0.2, 0.25) is 0 Å². The van der Waals surface area contributed by atoms with Crippen molar-refractivity contribution in [3.8, 4) is 22.6 Å². The third-order valence-corrected chi connectivity index (χ3v) is 9.11. The number of para-hydroxylation sites is 2. The fraction of sp³-hybridized carbons (Fsp3) is 0. The highest BCUT2D eigenvalue weighted by atomic mass is 16.4. The predicted molar refractivity (Wildman–Crippen MR) is 194 cm³/mol. The molecule has 0 radical (unpaired) electrons. The Kier molecular flexibility index (Phi) is 5.81. The second-order valence-corrected chi connectivity index (χ2v) is 11.9. The first-order valence-electron chi connectivity index (χ1n) is 16.0. The van der Waals surface area contributed by atoms with E-state index in [1.54, 1.807) is 0 Å². The van der Waals surface area contributed by atoms with Gasteiger partial charge in [0.25, 0.3) is 0 Å². The van der Waals surface area contributed by atoms with Gasteiger partial charge in [-0.15, -0.1) is 0 Å². The van der Waals surface area contributed by atoms with Gasteiger partial charge in [0.2, 0.25) is 5.89 Å². The van der Waals surface area contributed by atoms with Gasteiger partial charge in [-0.1, -0.05) is 78.9 Å². The Morgan fingerprint density at radius 3 is 1.90 bits per heavy atom. The predicted octanol–water partition coefficient (Wildman–Crippen LogP) is 12.4. The Morgan fingerprint density at radius 2 is 1.04 bits per heavy atom.